The Labute approximate surface area is 156 Å². The van der Waals surface area contributed by atoms with E-state index in [1.807, 2.05) is 6.92 Å². The predicted octanol–water partition coefficient (Wildman–Crippen LogP) is 3.96. The molecule has 0 radical (unpaired) electrons. The molecule has 1 fully saturated rings. The third kappa shape index (κ3) is 4.10. The molecule has 1 heterocycles. The van der Waals surface area contributed by atoms with E-state index in [1.165, 1.54) is 24.6 Å². The van der Waals surface area contributed by atoms with Gasteiger partial charge in [-0.15, -0.1) is 10.2 Å². The molecule has 1 aliphatic carbocycles. The number of nitrogens with one attached hydrogen (secondary N) is 1. The molecule has 2 aromatic rings. The van der Waals surface area contributed by atoms with Gasteiger partial charge in [0.1, 0.15) is 11.6 Å². The molecule has 25 heavy (non-hydrogen) atoms. The fourth-order valence-electron chi connectivity index (χ4n) is 2.55. The van der Waals surface area contributed by atoms with Gasteiger partial charge in [0.15, 0.2) is 5.16 Å². The monoisotopic (exact) mass is 380 g/mol. The highest BCUT2D eigenvalue weighted by atomic mass is 35.5. The molecule has 3 rings (SSSR count). The molecule has 0 aliphatic heterocycles. The molecule has 0 saturated heterocycles. The van der Waals surface area contributed by atoms with E-state index in [9.17, 15) is 4.79 Å². The van der Waals surface area contributed by atoms with E-state index in [0.29, 0.717) is 22.4 Å². The maximum atomic E-state index is 12.6. The normalized spacial score (nSPS) is 15.0. The van der Waals surface area contributed by atoms with E-state index in [1.54, 1.807) is 25.3 Å². The molecule has 1 atom stereocenters. The van der Waals surface area contributed by atoms with Crippen LogP contribution in [0.1, 0.15) is 38.4 Å². The zero-order chi connectivity index (χ0) is 18.0. The zero-order valence-electron chi connectivity index (χ0n) is 14.5. The summed E-state index contributed by atoms with van der Waals surface area (Å²) in [5, 5.41) is 12.5. The first-order valence-corrected chi connectivity index (χ1v) is 9.53. The van der Waals surface area contributed by atoms with Crippen LogP contribution < -0.4 is 10.1 Å². The van der Waals surface area contributed by atoms with Crippen LogP contribution >= 0.6 is 23.4 Å². The Bertz CT molecular complexity index is 776. The molecule has 6 nitrogen and oxygen atoms in total. The molecule has 0 unspecified atom stereocenters. The topological polar surface area (TPSA) is 69.0 Å². The maximum Gasteiger partial charge on any atom is 0.237 e. The molecule has 134 valence electrons. The van der Waals surface area contributed by atoms with Crippen molar-refractivity contribution < 1.29 is 9.53 Å². The van der Waals surface area contributed by atoms with E-state index in [0.717, 1.165) is 17.5 Å². The first-order valence-electron chi connectivity index (χ1n) is 8.27. The highest BCUT2D eigenvalue weighted by Gasteiger charge is 2.30. The summed E-state index contributed by atoms with van der Waals surface area (Å²) in [4.78, 5) is 12.6. The Morgan fingerprint density at radius 2 is 2.24 bits per heavy atom. The largest absolute Gasteiger partial charge is 0.495 e. The molecule has 1 aromatic heterocycles. The van der Waals surface area contributed by atoms with Gasteiger partial charge in [-0.1, -0.05) is 23.4 Å². The Morgan fingerprint density at radius 1 is 1.48 bits per heavy atom. The minimum atomic E-state index is -0.328. The van der Waals surface area contributed by atoms with Crippen LogP contribution in [0.5, 0.6) is 5.75 Å². The number of anilines is 1. The number of hydrogen-bond acceptors (Lipinski definition) is 5. The summed E-state index contributed by atoms with van der Waals surface area (Å²) < 4.78 is 7.37. The van der Waals surface area contributed by atoms with Gasteiger partial charge in [0.2, 0.25) is 5.91 Å². The summed E-state index contributed by atoms with van der Waals surface area (Å²) >= 11 is 7.42. The van der Waals surface area contributed by atoms with Crippen molar-refractivity contribution in [1.29, 1.82) is 0 Å². The number of nitrogens with zero attached hydrogens (tertiary/aromatic N) is 3. The molecular formula is C17H21ClN4O2S. The second kappa shape index (κ2) is 7.66. The molecule has 1 amide bonds. The van der Waals surface area contributed by atoms with Crippen LogP contribution in [-0.2, 0) is 11.3 Å². The third-order valence-corrected chi connectivity index (χ3v) is 5.39. The molecule has 1 saturated carbocycles. The second-order valence-corrected chi connectivity index (χ2v) is 7.70. The number of halogens is 1. The molecule has 1 aromatic carbocycles. The lowest BCUT2D eigenvalue weighted by molar-refractivity contribution is -0.115. The average Bonchev–Trinajstić information content (AvgIpc) is 3.36. The Balaban J connectivity index is 1.70. The number of hydrogen-bond donors (Lipinski definition) is 1. The van der Waals surface area contributed by atoms with Crippen LogP contribution in [0.3, 0.4) is 0 Å². The summed E-state index contributed by atoms with van der Waals surface area (Å²) in [6, 6.07) is 5.12. The average molecular weight is 381 g/mol. The Kier molecular flexibility index (Phi) is 5.54. The van der Waals surface area contributed by atoms with Gasteiger partial charge in [0.05, 0.1) is 18.0 Å². The van der Waals surface area contributed by atoms with Crippen LogP contribution in [0.25, 0.3) is 0 Å². The molecule has 0 bridgehead atoms. The number of aromatic nitrogens is 3. The number of carbonyl (C=O) groups is 1. The van der Waals surface area contributed by atoms with E-state index in [-0.39, 0.29) is 11.2 Å². The summed E-state index contributed by atoms with van der Waals surface area (Å²) in [6.45, 7) is 4.72. The van der Waals surface area contributed by atoms with Crippen LogP contribution in [0.2, 0.25) is 5.02 Å². The Morgan fingerprint density at radius 3 is 2.88 bits per heavy atom. The number of amides is 1. The maximum absolute atomic E-state index is 12.6. The van der Waals surface area contributed by atoms with E-state index in [4.69, 9.17) is 16.3 Å². The van der Waals surface area contributed by atoms with Crippen molar-refractivity contribution in [3.8, 4) is 5.75 Å². The lowest BCUT2D eigenvalue weighted by Gasteiger charge is -2.14. The fourth-order valence-corrected chi connectivity index (χ4v) is 3.64. The highest BCUT2D eigenvalue weighted by Crippen LogP contribution is 2.40. The van der Waals surface area contributed by atoms with E-state index in [2.05, 4.69) is 27.0 Å². The number of benzene rings is 1. The van der Waals surface area contributed by atoms with Gasteiger partial charge in [-0.3, -0.25) is 4.79 Å². The molecule has 1 N–H and O–H groups in total. The summed E-state index contributed by atoms with van der Waals surface area (Å²) in [7, 11) is 1.56. The van der Waals surface area contributed by atoms with Crippen LogP contribution in [-0.4, -0.2) is 33.0 Å². The lowest BCUT2D eigenvalue weighted by Crippen LogP contribution is -2.23. The van der Waals surface area contributed by atoms with Crippen molar-refractivity contribution in [3.05, 3.63) is 29.0 Å². The van der Waals surface area contributed by atoms with Crippen molar-refractivity contribution in [1.82, 2.24) is 14.8 Å². The summed E-state index contributed by atoms with van der Waals surface area (Å²) in [5.41, 5.74) is 0.558. The van der Waals surface area contributed by atoms with Crippen molar-refractivity contribution in [2.24, 2.45) is 0 Å². The quantitative estimate of drug-likeness (QED) is 0.736. The highest BCUT2D eigenvalue weighted by molar-refractivity contribution is 8.00. The van der Waals surface area contributed by atoms with E-state index >= 15 is 0 Å². The van der Waals surface area contributed by atoms with Crippen molar-refractivity contribution in [2.45, 2.75) is 49.6 Å². The first-order chi connectivity index (χ1) is 12.0. The van der Waals surface area contributed by atoms with Gasteiger partial charge in [-0.05, 0) is 44.9 Å². The third-order valence-electron chi connectivity index (χ3n) is 4.07. The smallest absolute Gasteiger partial charge is 0.237 e. The van der Waals surface area contributed by atoms with Gasteiger partial charge < -0.3 is 14.6 Å². The minimum absolute atomic E-state index is 0.135. The zero-order valence-corrected chi connectivity index (χ0v) is 16.0. The number of ether oxygens (including phenoxy) is 1. The molecule has 8 heteroatoms. The number of thioether (sulfide) groups is 1. The van der Waals surface area contributed by atoms with Gasteiger partial charge >= 0.3 is 0 Å². The lowest BCUT2D eigenvalue weighted by atomic mass is 10.3. The van der Waals surface area contributed by atoms with Gasteiger partial charge in [-0.25, -0.2) is 0 Å². The fraction of sp³-hybridized carbons (Fsp3) is 0.471. The second-order valence-electron chi connectivity index (χ2n) is 5.95. The predicted molar refractivity (Wildman–Crippen MR) is 99.6 cm³/mol. The molecule has 0 spiro atoms. The summed E-state index contributed by atoms with van der Waals surface area (Å²) in [6.07, 6.45) is 2.35. The minimum Gasteiger partial charge on any atom is -0.495 e. The van der Waals surface area contributed by atoms with Gasteiger partial charge in [-0.2, -0.15) is 0 Å². The number of carbonyl (C=O) groups excluding carboxylic acids is 1. The van der Waals surface area contributed by atoms with Crippen LogP contribution in [0.15, 0.2) is 23.4 Å². The molecular weight excluding hydrogens is 360 g/mol. The van der Waals surface area contributed by atoms with Gasteiger partial charge in [0.25, 0.3) is 0 Å². The SMILES string of the molecule is CCn1c(S[C@@H](C)C(=O)Nc2cc(Cl)ccc2OC)nnc1C1CC1. The Hall–Kier alpha value is -1.73. The number of methoxy groups -OCH3 is 1. The number of rotatable bonds is 7. The first kappa shape index (κ1) is 18.1. The van der Waals surface area contributed by atoms with Crippen molar-refractivity contribution >= 4 is 35.0 Å². The standard InChI is InChI=1S/C17H21ClN4O2S/c1-4-22-15(11-5-6-11)20-21-17(22)25-10(2)16(23)19-13-9-12(18)7-8-14(13)24-3/h7-11H,4-6H2,1-3H3,(H,19,23)/t10-/m0/s1. The molecule has 1 aliphatic rings. The van der Waals surface area contributed by atoms with Crippen molar-refractivity contribution in [3.63, 3.8) is 0 Å². The van der Waals surface area contributed by atoms with E-state index < -0.39 is 0 Å². The van der Waals surface area contributed by atoms with Gasteiger partial charge in [0, 0.05) is 17.5 Å². The van der Waals surface area contributed by atoms with Crippen LogP contribution in [0, 0.1) is 0 Å². The summed E-state index contributed by atoms with van der Waals surface area (Å²) in [5.74, 6) is 2.00. The van der Waals surface area contributed by atoms with Crippen molar-refractivity contribution in [2.75, 3.05) is 12.4 Å². The van der Waals surface area contributed by atoms with Crippen LogP contribution in [0.4, 0.5) is 5.69 Å².